The Bertz CT molecular complexity index is 620. The van der Waals surface area contributed by atoms with Gasteiger partial charge in [-0.25, -0.2) is 0 Å². The van der Waals surface area contributed by atoms with Gasteiger partial charge in [-0.2, -0.15) is 0 Å². The van der Waals surface area contributed by atoms with Gasteiger partial charge in [-0.15, -0.1) is 0 Å². The van der Waals surface area contributed by atoms with Gasteiger partial charge in [-0.1, -0.05) is 49.3 Å². The smallest absolute Gasteiger partial charge is 0.216 e. The topological polar surface area (TPSA) is 52.6 Å². The van der Waals surface area contributed by atoms with Crippen molar-refractivity contribution in [1.82, 2.24) is 10.2 Å². The van der Waals surface area contributed by atoms with Gasteiger partial charge in [-0.05, 0) is 36.8 Å². The van der Waals surface area contributed by atoms with Gasteiger partial charge in [0.2, 0.25) is 5.91 Å². The Morgan fingerprint density at radius 1 is 1.23 bits per heavy atom. The summed E-state index contributed by atoms with van der Waals surface area (Å²) in [6.07, 6.45) is 9.38. The number of carbonyl (C=O) groups excluding carboxylic acids is 1. The summed E-state index contributed by atoms with van der Waals surface area (Å²) in [4.78, 5) is 13.9. The Hall–Kier alpha value is -1.65. The van der Waals surface area contributed by atoms with E-state index < -0.39 is 0 Å². The molecule has 2 aliphatic rings. The molecule has 1 heterocycles. The van der Waals surface area contributed by atoms with Gasteiger partial charge in [0.15, 0.2) is 0 Å². The van der Waals surface area contributed by atoms with Crippen LogP contribution in [0.15, 0.2) is 30.3 Å². The number of rotatable bonds is 7. The first-order valence-corrected chi connectivity index (χ1v) is 9.97. The quantitative estimate of drug-likeness (QED) is 0.789. The van der Waals surface area contributed by atoms with Gasteiger partial charge in [0.1, 0.15) is 0 Å². The molecule has 3 atom stereocenters. The predicted octanol–water partition coefficient (Wildman–Crippen LogP) is 3.17. The molecule has 1 amide bonds. The molecule has 4 heteroatoms. The van der Waals surface area contributed by atoms with Crippen LogP contribution in [0, 0.1) is 5.92 Å². The minimum absolute atomic E-state index is 0.0143. The van der Waals surface area contributed by atoms with Gasteiger partial charge < -0.3 is 10.4 Å². The summed E-state index contributed by atoms with van der Waals surface area (Å²) >= 11 is 0. The fraction of sp³-hybridized carbons (Fsp3) is 0.591. The third-order valence-electron chi connectivity index (χ3n) is 6.05. The molecule has 1 aliphatic heterocycles. The summed E-state index contributed by atoms with van der Waals surface area (Å²) in [5.74, 6) is 1.02. The van der Waals surface area contributed by atoms with E-state index in [1.165, 1.54) is 36.8 Å². The maximum atomic E-state index is 11.5. The second-order valence-electron chi connectivity index (χ2n) is 7.79. The summed E-state index contributed by atoms with van der Waals surface area (Å²) in [5.41, 5.74) is 2.45. The van der Waals surface area contributed by atoms with Crippen LogP contribution >= 0.6 is 0 Å². The molecule has 0 bridgehead atoms. The highest BCUT2D eigenvalue weighted by Gasteiger charge is 2.48. The lowest BCUT2D eigenvalue weighted by atomic mass is 9.74. The second-order valence-corrected chi connectivity index (χ2v) is 7.79. The first kappa shape index (κ1) is 19.1. The lowest BCUT2D eigenvalue weighted by molar-refractivity contribution is -0.120. The SMILES string of the molecule is C/C=C/c1ccc([C@H]2[C@@H](CO)N(CC3CCCC3)[C@H]2CNC(C)=O)cc1. The van der Waals surface area contributed by atoms with E-state index in [9.17, 15) is 9.90 Å². The normalized spacial score (nSPS) is 27.0. The van der Waals surface area contributed by atoms with Crippen LogP contribution in [0.5, 0.6) is 0 Å². The maximum Gasteiger partial charge on any atom is 0.216 e. The van der Waals surface area contributed by atoms with Gasteiger partial charge in [-0.3, -0.25) is 9.69 Å². The van der Waals surface area contributed by atoms with E-state index in [2.05, 4.69) is 40.6 Å². The minimum atomic E-state index is 0.0143. The van der Waals surface area contributed by atoms with Crippen molar-refractivity contribution in [2.75, 3.05) is 19.7 Å². The zero-order valence-electron chi connectivity index (χ0n) is 16.0. The third-order valence-corrected chi connectivity index (χ3v) is 6.05. The highest BCUT2D eigenvalue weighted by atomic mass is 16.3. The molecule has 1 saturated carbocycles. The standard InChI is InChI=1S/C22H32N2O2/c1-3-6-17-9-11-19(12-10-17)22-20(13-23-16(2)26)24(21(22)15-25)14-18-7-4-5-8-18/h3,6,9-12,18,20-22,25H,4-5,7-8,13-15H2,1-2H3,(H,23,26)/b6-3+/t20-,21+,22+/m0/s1. The van der Waals surface area contributed by atoms with Crippen LogP contribution in [0.4, 0.5) is 0 Å². The molecule has 1 saturated heterocycles. The summed E-state index contributed by atoms with van der Waals surface area (Å²) in [7, 11) is 0. The number of allylic oxidation sites excluding steroid dienone is 1. The van der Waals surface area contributed by atoms with Crippen molar-refractivity contribution in [2.45, 2.75) is 57.5 Å². The summed E-state index contributed by atoms with van der Waals surface area (Å²) in [6, 6.07) is 9.05. The largest absolute Gasteiger partial charge is 0.395 e. The Kier molecular flexibility index (Phi) is 6.49. The van der Waals surface area contributed by atoms with Crippen LogP contribution in [0.2, 0.25) is 0 Å². The van der Waals surface area contributed by atoms with E-state index >= 15 is 0 Å². The molecule has 0 unspecified atom stereocenters. The summed E-state index contributed by atoms with van der Waals surface area (Å²) in [6.45, 7) is 5.46. The Morgan fingerprint density at radius 3 is 2.50 bits per heavy atom. The van der Waals surface area contributed by atoms with Crippen LogP contribution in [-0.4, -0.2) is 47.7 Å². The molecule has 0 aromatic heterocycles. The molecule has 0 spiro atoms. The van der Waals surface area contributed by atoms with E-state index in [1.54, 1.807) is 6.92 Å². The number of aliphatic hydroxyl groups is 1. The number of aliphatic hydroxyl groups excluding tert-OH is 1. The van der Waals surface area contributed by atoms with Crippen LogP contribution < -0.4 is 5.32 Å². The van der Waals surface area contributed by atoms with E-state index in [1.807, 2.05) is 13.0 Å². The molecule has 142 valence electrons. The zero-order valence-corrected chi connectivity index (χ0v) is 16.0. The predicted molar refractivity (Wildman–Crippen MR) is 106 cm³/mol. The van der Waals surface area contributed by atoms with Gasteiger partial charge in [0, 0.05) is 38.0 Å². The number of amides is 1. The maximum absolute atomic E-state index is 11.5. The second kappa shape index (κ2) is 8.83. The highest BCUT2D eigenvalue weighted by molar-refractivity contribution is 5.72. The van der Waals surface area contributed by atoms with Gasteiger partial charge in [0.25, 0.3) is 0 Å². The van der Waals surface area contributed by atoms with E-state index in [0.29, 0.717) is 6.54 Å². The van der Waals surface area contributed by atoms with Crippen LogP contribution in [0.3, 0.4) is 0 Å². The van der Waals surface area contributed by atoms with E-state index in [0.717, 1.165) is 12.5 Å². The van der Waals surface area contributed by atoms with Crippen LogP contribution in [-0.2, 0) is 4.79 Å². The molecule has 3 rings (SSSR count). The average Bonchev–Trinajstić information content (AvgIpc) is 3.13. The molecular formula is C22H32N2O2. The fourth-order valence-electron chi connectivity index (χ4n) is 4.75. The Labute approximate surface area is 157 Å². The Balaban J connectivity index is 1.77. The molecule has 26 heavy (non-hydrogen) atoms. The van der Waals surface area contributed by atoms with Crippen molar-refractivity contribution in [3.05, 3.63) is 41.5 Å². The highest BCUT2D eigenvalue weighted by Crippen LogP contribution is 2.42. The number of nitrogens with zero attached hydrogens (tertiary/aromatic N) is 1. The lowest BCUT2D eigenvalue weighted by Gasteiger charge is -2.56. The number of hydrogen-bond donors (Lipinski definition) is 2. The first-order chi connectivity index (χ1) is 12.6. The molecule has 0 radical (unpaired) electrons. The average molecular weight is 357 g/mol. The first-order valence-electron chi connectivity index (χ1n) is 9.97. The molecule has 1 aromatic rings. The molecule has 2 N–H and O–H groups in total. The molecule has 4 nitrogen and oxygen atoms in total. The monoisotopic (exact) mass is 356 g/mol. The van der Waals surface area contributed by atoms with E-state index in [-0.39, 0.29) is 30.5 Å². The minimum Gasteiger partial charge on any atom is -0.395 e. The van der Waals surface area contributed by atoms with Gasteiger partial charge >= 0.3 is 0 Å². The van der Waals surface area contributed by atoms with Crippen molar-refractivity contribution in [3.63, 3.8) is 0 Å². The number of nitrogens with one attached hydrogen (secondary N) is 1. The Morgan fingerprint density at radius 2 is 1.92 bits per heavy atom. The molecule has 1 aliphatic carbocycles. The molecule has 1 aromatic carbocycles. The summed E-state index contributed by atoms with van der Waals surface area (Å²) in [5, 5.41) is 13.1. The van der Waals surface area contributed by atoms with E-state index in [4.69, 9.17) is 0 Å². The molecular weight excluding hydrogens is 324 g/mol. The molecule has 2 fully saturated rings. The number of likely N-dealkylation sites (tertiary alicyclic amines) is 1. The van der Waals surface area contributed by atoms with Crippen LogP contribution in [0.25, 0.3) is 6.08 Å². The van der Waals surface area contributed by atoms with Crippen molar-refractivity contribution >= 4 is 12.0 Å². The third kappa shape index (κ3) is 4.18. The van der Waals surface area contributed by atoms with Gasteiger partial charge in [0.05, 0.1) is 6.61 Å². The van der Waals surface area contributed by atoms with Crippen molar-refractivity contribution in [1.29, 1.82) is 0 Å². The lowest BCUT2D eigenvalue weighted by Crippen LogP contribution is -2.67. The number of carbonyl (C=O) groups is 1. The van der Waals surface area contributed by atoms with Crippen molar-refractivity contribution < 1.29 is 9.90 Å². The number of benzene rings is 1. The fourth-order valence-corrected chi connectivity index (χ4v) is 4.75. The summed E-state index contributed by atoms with van der Waals surface area (Å²) < 4.78 is 0. The van der Waals surface area contributed by atoms with Crippen LogP contribution in [0.1, 0.15) is 56.6 Å². The number of hydrogen-bond acceptors (Lipinski definition) is 3. The zero-order chi connectivity index (χ0) is 18.5. The van der Waals surface area contributed by atoms with Crippen molar-refractivity contribution in [2.24, 2.45) is 5.92 Å². The van der Waals surface area contributed by atoms with Crippen molar-refractivity contribution in [3.8, 4) is 0 Å².